The topological polar surface area (TPSA) is 42.2 Å². The van der Waals surface area contributed by atoms with E-state index in [0.717, 1.165) is 17.5 Å². The summed E-state index contributed by atoms with van der Waals surface area (Å²) in [6.07, 6.45) is 0. The quantitative estimate of drug-likeness (QED) is 0.799. The van der Waals surface area contributed by atoms with Crippen LogP contribution >= 0.6 is 0 Å². The Morgan fingerprint density at radius 3 is 2.48 bits per heavy atom. The fraction of sp³-hybridized carbons (Fsp3) is 0.0625. The lowest BCUT2D eigenvalue weighted by Crippen LogP contribution is -2.23. The number of carbonyl (C=O) groups is 1. The Kier molecular flexibility index (Phi) is 3.39. The van der Waals surface area contributed by atoms with Crippen LogP contribution in [-0.2, 0) is 6.54 Å². The Morgan fingerprint density at radius 1 is 1.05 bits per heavy atom. The van der Waals surface area contributed by atoms with Crippen molar-refractivity contribution in [3.63, 3.8) is 0 Å². The van der Waals surface area contributed by atoms with Crippen molar-refractivity contribution in [2.24, 2.45) is 0 Å². The maximum atomic E-state index is 13.5. The van der Waals surface area contributed by atoms with Crippen LogP contribution in [0.1, 0.15) is 16.1 Å². The van der Waals surface area contributed by atoms with Crippen molar-refractivity contribution < 1.29 is 18.0 Å². The predicted molar refractivity (Wildman–Crippen MR) is 73.7 cm³/mol. The number of furan rings is 1. The van der Waals surface area contributed by atoms with Crippen LogP contribution < -0.4 is 5.32 Å². The summed E-state index contributed by atoms with van der Waals surface area (Å²) >= 11 is 0. The third-order valence-corrected chi connectivity index (χ3v) is 3.14. The van der Waals surface area contributed by atoms with E-state index in [9.17, 15) is 13.6 Å². The van der Waals surface area contributed by atoms with Gasteiger partial charge in [0, 0.05) is 17.5 Å². The number of benzene rings is 2. The van der Waals surface area contributed by atoms with Crippen LogP contribution in [0.15, 0.2) is 52.9 Å². The molecule has 3 nitrogen and oxygen atoms in total. The van der Waals surface area contributed by atoms with Gasteiger partial charge in [0.05, 0.1) is 0 Å². The first-order valence-electron chi connectivity index (χ1n) is 6.35. The standard InChI is InChI=1S/C16H11F2NO2/c17-12-5-3-6-13(18)11(12)9-19-16(20)15-8-10-4-1-2-7-14(10)21-15/h1-8H,9H2,(H,19,20). The molecule has 21 heavy (non-hydrogen) atoms. The van der Waals surface area contributed by atoms with Gasteiger partial charge in [0.25, 0.3) is 5.91 Å². The van der Waals surface area contributed by atoms with E-state index >= 15 is 0 Å². The molecule has 1 amide bonds. The van der Waals surface area contributed by atoms with E-state index in [4.69, 9.17) is 4.42 Å². The Hall–Kier alpha value is -2.69. The summed E-state index contributed by atoms with van der Waals surface area (Å²) in [7, 11) is 0. The third-order valence-electron chi connectivity index (χ3n) is 3.14. The molecule has 0 saturated heterocycles. The summed E-state index contributed by atoms with van der Waals surface area (Å²) < 4.78 is 32.3. The molecular formula is C16H11F2NO2. The van der Waals surface area contributed by atoms with Crippen molar-refractivity contribution in [2.75, 3.05) is 0 Å². The maximum absolute atomic E-state index is 13.5. The molecule has 5 heteroatoms. The van der Waals surface area contributed by atoms with Crippen LogP contribution in [0.25, 0.3) is 11.0 Å². The molecule has 2 aromatic carbocycles. The summed E-state index contributed by atoms with van der Waals surface area (Å²) in [6.45, 7) is -0.242. The van der Waals surface area contributed by atoms with E-state index in [2.05, 4.69) is 5.32 Å². The smallest absolute Gasteiger partial charge is 0.287 e. The molecule has 0 radical (unpaired) electrons. The minimum atomic E-state index is -0.695. The van der Waals surface area contributed by atoms with Crippen LogP contribution in [0.5, 0.6) is 0 Å². The number of rotatable bonds is 3. The third kappa shape index (κ3) is 2.63. The average molecular weight is 287 g/mol. The van der Waals surface area contributed by atoms with Crippen molar-refractivity contribution >= 4 is 16.9 Å². The van der Waals surface area contributed by atoms with E-state index in [1.807, 2.05) is 12.1 Å². The zero-order valence-electron chi connectivity index (χ0n) is 10.9. The van der Waals surface area contributed by atoms with Gasteiger partial charge in [0.2, 0.25) is 0 Å². The van der Waals surface area contributed by atoms with Gasteiger partial charge in [-0.2, -0.15) is 0 Å². The molecule has 0 fully saturated rings. The number of carbonyl (C=O) groups excluding carboxylic acids is 1. The van der Waals surface area contributed by atoms with Gasteiger partial charge in [-0.1, -0.05) is 24.3 Å². The summed E-state index contributed by atoms with van der Waals surface area (Å²) in [5, 5.41) is 3.24. The predicted octanol–water partition coefficient (Wildman–Crippen LogP) is 3.64. The first-order valence-corrected chi connectivity index (χ1v) is 6.35. The summed E-state index contributed by atoms with van der Waals surface area (Å²) in [5.41, 5.74) is 0.404. The van der Waals surface area contributed by atoms with E-state index in [0.29, 0.717) is 5.58 Å². The molecule has 0 spiro atoms. The van der Waals surface area contributed by atoms with Gasteiger partial charge in [0.1, 0.15) is 17.2 Å². The number of fused-ring (bicyclic) bond motifs is 1. The SMILES string of the molecule is O=C(NCc1c(F)cccc1F)c1cc2ccccc2o1. The van der Waals surface area contributed by atoms with Crippen molar-refractivity contribution in [1.29, 1.82) is 0 Å². The first-order chi connectivity index (χ1) is 10.1. The van der Waals surface area contributed by atoms with Crippen molar-refractivity contribution in [1.82, 2.24) is 5.32 Å². The second kappa shape index (κ2) is 5.36. The van der Waals surface area contributed by atoms with Gasteiger partial charge in [-0.3, -0.25) is 4.79 Å². The highest BCUT2D eigenvalue weighted by atomic mass is 19.1. The van der Waals surface area contributed by atoms with Crippen LogP contribution in [0, 0.1) is 11.6 Å². The number of amides is 1. The highest BCUT2D eigenvalue weighted by molar-refractivity contribution is 5.96. The van der Waals surface area contributed by atoms with Crippen LogP contribution in [0.2, 0.25) is 0 Å². The molecule has 3 rings (SSSR count). The lowest BCUT2D eigenvalue weighted by molar-refractivity contribution is 0.0924. The van der Waals surface area contributed by atoms with Gasteiger partial charge in [-0.25, -0.2) is 8.78 Å². The Balaban J connectivity index is 1.77. The monoisotopic (exact) mass is 287 g/mol. The Labute approximate surface area is 119 Å². The van der Waals surface area contributed by atoms with Crippen molar-refractivity contribution in [3.8, 4) is 0 Å². The molecular weight excluding hydrogens is 276 g/mol. The highest BCUT2D eigenvalue weighted by Crippen LogP contribution is 2.19. The van der Waals surface area contributed by atoms with E-state index in [1.165, 1.54) is 6.07 Å². The highest BCUT2D eigenvalue weighted by Gasteiger charge is 2.14. The average Bonchev–Trinajstić information content (AvgIpc) is 2.90. The fourth-order valence-electron chi connectivity index (χ4n) is 2.05. The second-order valence-corrected chi connectivity index (χ2v) is 4.53. The molecule has 3 aromatic rings. The lowest BCUT2D eigenvalue weighted by atomic mass is 10.2. The van der Waals surface area contributed by atoms with E-state index in [-0.39, 0.29) is 17.9 Å². The summed E-state index contributed by atoms with van der Waals surface area (Å²) in [4.78, 5) is 12.0. The molecule has 106 valence electrons. The van der Waals surface area contributed by atoms with Crippen LogP contribution in [-0.4, -0.2) is 5.91 Å². The van der Waals surface area contributed by atoms with Crippen LogP contribution in [0.4, 0.5) is 8.78 Å². The van der Waals surface area contributed by atoms with Crippen molar-refractivity contribution in [3.05, 3.63) is 71.5 Å². The summed E-state index contributed by atoms with van der Waals surface area (Å²) in [5.74, 6) is -1.80. The second-order valence-electron chi connectivity index (χ2n) is 4.53. The van der Waals surface area contributed by atoms with Gasteiger partial charge in [-0.15, -0.1) is 0 Å². The zero-order valence-corrected chi connectivity index (χ0v) is 10.9. The number of hydrogen-bond acceptors (Lipinski definition) is 2. The normalized spacial score (nSPS) is 10.8. The molecule has 0 unspecified atom stereocenters. The molecule has 0 bridgehead atoms. The number of nitrogens with one attached hydrogen (secondary N) is 1. The molecule has 1 heterocycles. The van der Waals surface area contributed by atoms with Gasteiger partial charge < -0.3 is 9.73 Å². The molecule has 0 saturated carbocycles. The molecule has 0 aliphatic carbocycles. The Bertz CT molecular complexity index is 758. The van der Waals surface area contributed by atoms with Crippen molar-refractivity contribution in [2.45, 2.75) is 6.54 Å². The number of hydrogen-bond donors (Lipinski definition) is 1. The molecule has 0 atom stereocenters. The molecule has 0 aliphatic heterocycles. The molecule has 0 aliphatic rings. The molecule has 1 aromatic heterocycles. The zero-order chi connectivity index (χ0) is 14.8. The van der Waals surface area contributed by atoms with Gasteiger partial charge >= 0.3 is 0 Å². The van der Waals surface area contributed by atoms with E-state index in [1.54, 1.807) is 18.2 Å². The number of para-hydroxylation sites is 1. The maximum Gasteiger partial charge on any atom is 0.287 e. The van der Waals surface area contributed by atoms with Gasteiger partial charge in [0.15, 0.2) is 5.76 Å². The Morgan fingerprint density at radius 2 is 1.76 bits per heavy atom. The van der Waals surface area contributed by atoms with Crippen LogP contribution in [0.3, 0.4) is 0 Å². The fourth-order valence-corrected chi connectivity index (χ4v) is 2.05. The number of halogens is 2. The minimum absolute atomic E-state index is 0.105. The van der Waals surface area contributed by atoms with Gasteiger partial charge in [-0.05, 0) is 24.3 Å². The minimum Gasteiger partial charge on any atom is -0.451 e. The summed E-state index contributed by atoms with van der Waals surface area (Å²) in [6, 6.07) is 12.3. The largest absolute Gasteiger partial charge is 0.451 e. The first kappa shape index (κ1) is 13.3. The van der Waals surface area contributed by atoms with E-state index < -0.39 is 17.5 Å². The molecule has 1 N–H and O–H groups in total. The lowest BCUT2D eigenvalue weighted by Gasteiger charge is -2.05.